The molecule has 1 heterocycles. The van der Waals surface area contributed by atoms with E-state index in [1.165, 1.54) is 12.3 Å². The lowest BCUT2D eigenvalue weighted by Crippen LogP contribution is -2.29. The lowest BCUT2D eigenvalue weighted by Gasteiger charge is -2.22. The van der Waals surface area contributed by atoms with Gasteiger partial charge in [-0.3, -0.25) is 0 Å². The number of hydrogen-bond donors (Lipinski definition) is 3. The molecule has 88 valence electrons. The monoisotopic (exact) mass is 226 g/mol. The fourth-order valence-corrected chi connectivity index (χ4v) is 1.31. The average Bonchev–Trinajstić information content (AvgIpc) is 2.29. The SMILES string of the molecule is O=C(O)c1ccc(N(CCO)CCO)cn1. The van der Waals surface area contributed by atoms with E-state index >= 15 is 0 Å². The van der Waals surface area contributed by atoms with Crippen molar-refractivity contribution in [2.45, 2.75) is 0 Å². The number of carboxylic acids is 1. The van der Waals surface area contributed by atoms with E-state index < -0.39 is 5.97 Å². The summed E-state index contributed by atoms with van der Waals surface area (Å²) in [4.78, 5) is 16.1. The molecule has 0 saturated carbocycles. The van der Waals surface area contributed by atoms with Crippen LogP contribution in [0.15, 0.2) is 18.3 Å². The molecule has 0 fully saturated rings. The first-order valence-electron chi connectivity index (χ1n) is 4.85. The highest BCUT2D eigenvalue weighted by molar-refractivity contribution is 5.85. The number of carboxylic acid groups (broad SMARTS) is 1. The molecule has 0 amide bonds. The van der Waals surface area contributed by atoms with Crippen molar-refractivity contribution >= 4 is 11.7 Å². The van der Waals surface area contributed by atoms with Crippen LogP contribution < -0.4 is 4.90 Å². The van der Waals surface area contributed by atoms with Gasteiger partial charge >= 0.3 is 5.97 Å². The van der Waals surface area contributed by atoms with Crippen LogP contribution >= 0.6 is 0 Å². The number of anilines is 1. The number of nitrogens with zero attached hydrogens (tertiary/aromatic N) is 2. The molecule has 0 saturated heterocycles. The third-order valence-electron chi connectivity index (χ3n) is 2.07. The summed E-state index contributed by atoms with van der Waals surface area (Å²) in [6.45, 7) is 0.657. The molecule has 0 atom stereocenters. The summed E-state index contributed by atoms with van der Waals surface area (Å²) in [6.07, 6.45) is 1.41. The smallest absolute Gasteiger partial charge is 0.354 e. The van der Waals surface area contributed by atoms with Crippen LogP contribution in [0.4, 0.5) is 5.69 Å². The van der Waals surface area contributed by atoms with Crippen molar-refractivity contribution in [1.82, 2.24) is 4.98 Å². The van der Waals surface area contributed by atoms with Crippen LogP contribution in [0.25, 0.3) is 0 Å². The Hall–Kier alpha value is -1.66. The summed E-state index contributed by atoms with van der Waals surface area (Å²) >= 11 is 0. The van der Waals surface area contributed by atoms with Gasteiger partial charge in [0.25, 0.3) is 0 Å². The summed E-state index contributed by atoms with van der Waals surface area (Å²) in [7, 11) is 0. The van der Waals surface area contributed by atoms with Gasteiger partial charge in [-0.15, -0.1) is 0 Å². The molecular weight excluding hydrogens is 212 g/mol. The summed E-state index contributed by atoms with van der Waals surface area (Å²) < 4.78 is 0. The molecule has 0 aliphatic carbocycles. The van der Waals surface area contributed by atoms with Gasteiger partial charge in [0, 0.05) is 13.1 Å². The minimum absolute atomic E-state index is 0.0308. The van der Waals surface area contributed by atoms with Crippen molar-refractivity contribution in [2.75, 3.05) is 31.2 Å². The van der Waals surface area contributed by atoms with E-state index in [2.05, 4.69) is 4.98 Å². The van der Waals surface area contributed by atoms with Crippen LogP contribution in [0.2, 0.25) is 0 Å². The van der Waals surface area contributed by atoms with Gasteiger partial charge in [-0.25, -0.2) is 9.78 Å². The van der Waals surface area contributed by atoms with Crippen LogP contribution in [-0.2, 0) is 0 Å². The Balaban J connectivity index is 2.80. The predicted octanol–water partition coefficient (Wildman–Crippen LogP) is -0.429. The molecule has 6 heteroatoms. The number of pyridine rings is 1. The van der Waals surface area contributed by atoms with Gasteiger partial charge in [0.1, 0.15) is 5.69 Å². The van der Waals surface area contributed by atoms with Gasteiger partial charge in [0.15, 0.2) is 0 Å². The first-order chi connectivity index (χ1) is 7.69. The molecule has 0 aliphatic heterocycles. The number of rotatable bonds is 6. The van der Waals surface area contributed by atoms with Gasteiger partial charge < -0.3 is 20.2 Å². The second-order valence-electron chi connectivity index (χ2n) is 3.14. The van der Waals surface area contributed by atoms with Crippen molar-refractivity contribution in [3.05, 3.63) is 24.0 Å². The van der Waals surface area contributed by atoms with E-state index in [0.29, 0.717) is 18.8 Å². The number of aliphatic hydroxyl groups is 2. The largest absolute Gasteiger partial charge is 0.477 e. The van der Waals surface area contributed by atoms with Gasteiger partial charge in [-0.2, -0.15) is 0 Å². The van der Waals surface area contributed by atoms with Crippen LogP contribution in [0.1, 0.15) is 10.5 Å². The minimum Gasteiger partial charge on any atom is -0.477 e. The lowest BCUT2D eigenvalue weighted by molar-refractivity contribution is 0.0690. The number of aromatic nitrogens is 1. The zero-order chi connectivity index (χ0) is 12.0. The number of aliphatic hydroxyl groups excluding tert-OH is 2. The van der Waals surface area contributed by atoms with Crippen molar-refractivity contribution in [1.29, 1.82) is 0 Å². The van der Waals surface area contributed by atoms with E-state index in [0.717, 1.165) is 0 Å². The molecule has 16 heavy (non-hydrogen) atoms. The van der Waals surface area contributed by atoms with Crippen LogP contribution in [-0.4, -0.2) is 52.6 Å². The Morgan fingerprint density at radius 2 is 1.88 bits per heavy atom. The first kappa shape index (κ1) is 12.4. The molecule has 0 unspecified atom stereocenters. The average molecular weight is 226 g/mol. The minimum atomic E-state index is -1.08. The summed E-state index contributed by atoms with van der Waals surface area (Å²) in [6, 6.07) is 2.99. The zero-order valence-corrected chi connectivity index (χ0v) is 8.70. The van der Waals surface area contributed by atoms with Crippen LogP contribution in [0.5, 0.6) is 0 Å². The summed E-state index contributed by atoms with van der Waals surface area (Å²) in [5.41, 5.74) is 0.643. The Bertz CT molecular complexity index is 333. The Morgan fingerprint density at radius 1 is 1.25 bits per heavy atom. The van der Waals surface area contributed by atoms with Gasteiger partial charge in [0.05, 0.1) is 25.1 Å². The summed E-state index contributed by atoms with van der Waals surface area (Å²) in [5, 5.41) is 26.3. The molecule has 0 bridgehead atoms. The molecule has 0 aliphatic rings. The third-order valence-corrected chi connectivity index (χ3v) is 2.07. The fourth-order valence-electron chi connectivity index (χ4n) is 1.31. The normalized spacial score (nSPS) is 10.1. The maximum absolute atomic E-state index is 10.6. The van der Waals surface area contributed by atoms with Gasteiger partial charge in [0.2, 0.25) is 0 Å². The molecule has 3 N–H and O–H groups in total. The Kier molecular flexibility index (Phi) is 4.68. The zero-order valence-electron chi connectivity index (χ0n) is 8.70. The highest BCUT2D eigenvalue weighted by atomic mass is 16.4. The second kappa shape index (κ2) is 6.04. The van der Waals surface area contributed by atoms with Crippen molar-refractivity contribution in [3.63, 3.8) is 0 Å². The summed E-state index contributed by atoms with van der Waals surface area (Å²) in [5.74, 6) is -1.08. The fraction of sp³-hybridized carbons (Fsp3) is 0.400. The van der Waals surface area contributed by atoms with Crippen LogP contribution in [0.3, 0.4) is 0 Å². The van der Waals surface area contributed by atoms with Crippen molar-refractivity contribution < 1.29 is 20.1 Å². The van der Waals surface area contributed by atoms with Crippen molar-refractivity contribution in [3.8, 4) is 0 Å². The molecule has 0 aromatic carbocycles. The molecule has 1 aromatic heterocycles. The third kappa shape index (κ3) is 3.18. The molecule has 0 spiro atoms. The van der Waals surface area contributed by atoms with Crippen molar-refractivity contribution in [2.24, 2.45) is 0 Å². The highest BCUT2D eigenvalue weighted by Crippen LogP contribution is 2.12. The van der Waals surface area contributed by atoms with Crippen LogP contribution in [0, 0.1) is 0 Å². The molecule has 6 nitrogen and oxygen atoms in total. The predicted molar refractivity (Wildman–Crippen MR) is 57.6 cm³/mol. The highest BCUT2D eigenvalue weighted by Gasteiger charge is 2.08. The molecule has 0 radical (unpaired) electrons. The molecular formula is C10H14N2O4. The van der Waals surface area contributed by atoms with Gasteiger partial charge in [-0.05, 0) is 12.1 Å². The van der Waals surface area contributed by atoms with E-state index in [1.807, 2.05) is 0 Å². The van der Waals surface area contributed by atoms with E-state index in [-0.39, 0.29) is 18.9 Å². The Morgan fingerprint density at radius 3 is 2.25 bits per heavy atom. The number of carbonyl (C=O) groups is 1. The standard InChI is InChI=1S/C10H14N2O4/c13-5-3-12(4-6-14)8-1-2-9(10(15)16)11-7-8/h1-2,7,13-14H,3-6H2,(H,15,16). The molecule has 1 aromatic rings. The van der Waals surface area contributed by atoms with E-state index in [4.69, 9.17) is 15.3 Å². The topological polar surface area (TPSA) is 93.9 Å². The maximum Gasteiger partial charge on any atom is 0.354 e. The second-order valence-corrected chi connectivity index (χ2v) is 3.14. The van der Waals surface area contributed by atoms with Gasteiger partial charge in [-0.1, -0.05) is 0 Å². The Labute approximate surface area is 92.8 Å². The first-order valence-corrected chi connectivity index (χ1v) is 4.85. The lowest BCUT2D eigenvalue weighted by atomic mass is 10.3. The number of hydrogen-bond acceptors (Lipinski definition) is 5. The maximum atomic E-state index is 10.6. The number of aromatic carboxylic acids is 1. The van der Waals surface area contributed by atoms with E-state index in [1.54, 1.807) is 11.0 Å². The molecule has 1 rings (SSSR count). The van der Waals surface area contributed by atoms with E-state index in [9.17, 15) is 4.79 Å². The quantitative estimate of drug-likeness (QED) is 0.609.